The molecule has 11 aromatic rings. The number of thioether (sulfide) groups is 2. The quantitative estimate of drug-likeness (QED) is 0.0108. The first-order chi connectivity index (χ1) is 60.8. The van der Waals surface area contributed by atoms with Crippen LogP contribution in [0.15, 0.2) is 227 Å². The summed E-state index contributed by atoms with van der Waals surface area (Å²) in [6.45, 7) is 7.40. The first-order valence-electron chi connectivity index (χ1n) is 45.5. The van der Waals surface area contributed by atoms with Gasteiger partial charge in [0.25, 0.3) is 0 Å². The largest absolute Gasteiger partial charge is 1.00 e. The van der Waals surface area contributed by atoms with Gasteiger partial charge in [-0.1, -0.05) is 97.0 Å². The van der Waals surface area contributed by atoms with Gasteiger partial charge < -0.3 is 69.0 Å². The first kappa shape index (κ1) is 96.1. The van der Waals surface area contributed by atoms with Gasteiger partial charge in [0.05, 0.1) is 28.0 Å². The summed E-state index contributed by atoms with van der Waals surface area (Å²) >= 11 is 3.75. The molecule has 666 valence electrons. The van der Waals surface area contributed by atoms with Crippen LogP contribution in [0.5, 0.6) is 0 Å². The van der Waals surface area contributed by atoms with Crippen molar-refractivity contribution in [2.24, 2.45) is 5.73 Å². The van der Waals surface area contributed by atoms with E-state index in [4.69, 9.17) is 10.8 Å². The van der Waals surface area contributed by atoms with E-state index in [0.717, 1.165) is 161 Å². The van der Waals surface area contributed by atoms with Crippen molar-refractivity contribution >= 4 is 148 Å². The number of anilines is 5. The number of hydrogen-bond acceptors (Lipinski definition) is 13. The fraction of sp³-hybridized carbons (Fsp3) is 0.394. The average Bonchev–Trinajstić information content (AvgIpc) is 1.23. The summed E-state index contributed by atoms with van der Waals surface area (Å²) in [4.78, 5) is 63.0. The number of allylic oxidation sites excluding steroid dienone is 2. The van der Waals surface area contributed by atoms with Gasteiger partial charge in [-0.3, -0.25) is 24.1 Å². The molecular formula is C104H134ClN14O5S2+3. The number of rotatable bonds is 42. The molecule has 0 fully saturated rings. The fourth-order valence-corrected chi connectivity index (χ4v) is 19.3. The van der Waals surface area contributed by atoms with Gasteiger partial charge in [0.2, 0.25) is 45.3 Å². The number of likely N-dealkylation sites (N-methyl/N-ethyl adjacent to an activating group) is 1. The molecule has 8 N–H and O–H groups in total. The number of nitrogens with zero attached hydrogens (tertiary/aromatic N) is 8. The Bertz CT molecular complexity index is 5520. The van der Waals surface area contributed by atoms with Gasteiger partial charge in [-0.05, 0) is 217 Å². The molecule has 3 amide bonds. The van der Waals surface area contributed by atoms with Crippen LogP contribution >= 0.6 is 23.5 Å². The highest BCUT2D eigenvalue weighted by Gasteiger charge is 2.32. The molecule has 2 atom stereocenters. The lowest BCUT2D eigenvalue weighted by Gasteiger charge is -2.28. The SMILES string of the molecule is CN(C)c1ccc2cc3ccc(N(C)C)cc3[n+](CCCCCC(=O)NCCCCCNC(=O)CCCCC[n+]3ccc(C=C4Sc5ccccc5N4C)c4ccccc43)c2c1.CNCc1ccc2cc3ccc(N(C)C)cc3[n+](CCCCCC(=O)NCCCCCN)c2c1.C[NH+]1c2ccccc2SC1C=C1C=CN(CCCCCC(=O)O)c2ccccc21.[Cl-]. The summed E-state index contributed by atoms with van der Waals surface area (Å²) in [6, 6.07) is 68.0. The second-order valence-corrected chi connectivity index (χ2v) is 36.2. The number of aromatic nitrogens is 3. The smallest absolute Gasteiger partial charge is 0.303 e. The second-order valence-electron chi connectivity index (χ2n) is 34.0. The molecule has 126 heavy (non-hydrogen) atoms. The Morgan fingerprint density at radius 2 is 0.992 bits per heavy atom. The summed E-state index contributed by atoms with van der Waals surface area (Å²) in [7, 11) is 18.9. The topological polar surface area (TPSA) is 195 Å². The Morgan fingerprint density at radius 3 is 1.54 bits per heavy atom. The molecule has 19 nitrogen and oxygen atoms in total. The number of pyridine rings is 3. The number of halogens is 1. The Kier molecular flexibility index (Phi) is 37.4. The zero-order valence-corrected chi connectivity index (χ0v) is 78.1. The minimum atomic E-state index is -0.706. The number of aryl methyl sites for hydroxylation is 3. The summed E-state index contributed by atoms with van der Waals surface area (Å²) < 4.78 is 7.27. The van der Waals surface area contributed by atoms with E-state index in [0.29, 0.717) is 37.7 Å². The molecule has 0 aliphatic carbocycles. The van der Waals surface area contributed by atoms with Crippen molar-refractivity contribution in [1.82, 2.24) is 21.3 Å². The average molecular weight is 1760 g/mol. The van der Waals surface area contributed by atoms with E-state index in [9.17, 15) is 19.2 Å². The van der Waals surface area contributed by atoms with Gasteiger partial charge in [-0.25, -0.2) is 0 Å². The van der Waals surface area contributed by atoms with Crippen molar-refractivity contribution in [2.45, 2.75) is 183 Å². The summed E-state index contributed by atoms with van der Waals surface area (Å²) in [5.41, 5.74) is 24.2. The number of carbonyl (C=O) groups is 4. The third-order valence-corrected chi connectivity index (χ3v) is 26.5. The number of para-hydroxylation sites is 4. The molecule has 6 heterocycles. The van der Waals surface area contributed by atoms with Gasteiger partial charge in [0, 0.05) is 230 Å². The minimum Gasteiger partial charge on any atom is -1.00 e. The van der Waals surface area contributed by atoms with Crippen LogP contribution in [0.3, 0.4) is 0 Å². The van der Waals surface area contributed by atoms with E-state index in [1.807, 2.05) is 30.6 Å². The van der Waals surface area contributed by atoms with E-state index in [2.05, 4.69) is 335 Å². The zero-order valence-electron chi connectivity index (χ0n) is 75.7. The van der Waals surface area contributed by atoms with Gasteiger partial charge in [-0.2, -0.15) is 13.7 Å². The van der Waals surface area contributed by atoms with Crippen LogP contribution in [0.2, 0.25) is 0 Å². The third-order valence-electron chi connectivity index (χ3n) is 24.0. The van der Waals surface area contributed by atoms with Crippen LogP contribution in [0, 0.1) is 0 Å². The number of unbranched alkanes of at least 4 members (excludes halogenated alkanes) is 12. The number of carboxylic acids is 1. The molecule has 3 aliphatic rings. The maximum absolute atomic E-state index is 12.6. The van der Waals surface area contributed by atoms with Crippen molar-refractivity contribution < 1.29 is 55.3 Å². The highest BCUT2D eigenvalue weighted by atomic mass is 35.5. The number of nitrogens with one attached hydrogen (secondary N) is 5. The maximum Gasteiger partial charge on any atom is 0.303 e. The number of fused-ring (bicyclic) bond motifs is 8. The highest BCUT2D eigenvalue weighted by Crippen LogP contribution is 2.46. The fourth-order valence-electron chi connectivity index (χ4n) is 16.9. The highest BCUT2D eigenvalue weighted by molar-refractivity contribution is 8.04. The Labute approximate surface area is 762 Å². The predicted octanol–water partition coefficient (Wildman–Crippen LogP) is 14.8. The number of hydrogen-bond donors (Lipinski definition) is 7. The van der Waals surface area contributed by atoms with Crippen LogP contribution in [-0.4, -0.2) is 130 Å². The lowest BCUT2D eigenvalue weighted by Crippen LogP contribution is -3.05. The Hall–Kier alpha value is -10.5. The van der Waals surface area contributed by atoms with Crippen molar-refractivity contribution in [3.63, 3.8) is 0 Å². The number of quaternary nitrogens is 1. The van der Waals surface area contributed by atoms with Gasteiger partial charge in [0.1, 0.15) is 25.3 Å². The molecule has 0 saturated carbocycles. The van der Waals surface area contributed by atoms with Crippen molar-refractivity contribution in [3.8, 4) is 0 Å². The molecule has 3 aliphatic heterocycles. The molecule has 0 bridgehead atoms. The van der Waals surface area contributed by atoms with Crippen LogP contribution in [-0.2, 0) is 45.4 Å². The zero-order chi connectivity index (χ0) is 88.0. The van der Waals surface area contributed by atoms with Crippen LogP contribution in [0.4, 0.5) is 34.1 Å². The predicted molar refractivity (Wildman–Crippen MR) is 523 cm³/mol. The van der Waals surface area contributed by atoms with E-state index < -0.39 is 5.97 Å². The number of nitrogens with two attached hydrogens (primary N) is 1. The number of aliphatic carboxylic acids is 1. The molecule has 22 heteroatoms. The van der Waals surface area contributed by atoms with E-state index in [-0.39, 0.29) is 36.5 Å². The number of carboxylic acid groups (broad SMARTS) is 1. The van der Waals surface area contributed by atoms with Gasteiger partial charge in [-0.15, -0.1) is 0 Å². The van der Waals surface area contributed by atoms with Crippen molar-refractivity contribution in [1.29, 1.82) is 0 Å². The summed E-state index contributed by atoms with van der Waals surface area (Å²) in [6.07, 6.45) is 30.7. The Balaban J connectivity index is 0.000000202. The van der Waals surface area contributed by atoms with Gasteiger partial charge in [0.15, 0.2) is 11.6 Å². The molecule has 8 aromatic carbocycles. The molecule has 2 unspecified atom stereocenters. The maximum atomic E-state index is 12.6. The molecular weight excluding hydrogens is 1620 g/mol. The second kappa shape index (κ2) is 49.0. The monoisotopic (exact) mass is 1760 g/mol. The first-order valence-corrected chi connectivity index (χ1v) is 47.2. The van der Waals surface area contributed by atoms with Crippen LogP contribution in [0.25, 0.3) is 66.2 Å². The molecule has 0 radical (unpaired) electrons. The molecule has 3 aromatic heterocycles. The van der Waals surface area contributed by atoms with Crippen LogP contribution < -0.4 is 82.5 Å². The lowest BCUT2D eigenvalue weighted by molar-refractivity contribution is -0.812. The van der Waals surface area contributed by atoms with E-state index in [1.165, 1.54) is 131 Å². The number of benzene rings is 8. The summed E-state index contributed by atoms with van der Waals surface area (Å²) in [5, 5.41) is 29.1. The van der Waals surface area contributed by atoms with Crippen molar-refractivity contribution in [3.05, 3.63) is 234 Å². The molecule has 14 rings (SSSR count). The van der Waals surface area contributed by atoms with E-state index in [1.54, 1.807) is 0 Å². The standard InChI is InChI=1S/C52H63N7O2S.C28H41N5O.C24H26N2O2S.ClH/c1-55(2)42-27-25-40-35-41-26-28-43(56(3)4)38-48(41)59(47(40)37-42)33-18-7-10-24-51(61)54-31-16-8-15-30-53-50(60)23-9-6-17-32-58-34-29-39(44-19-11-12-20-45(44)58)36-52-57(5)46-21-13-14-22-49(46)62-52;1-30-21-22-11-12-23-19-24-13-14-25(32(2)3)20-27(24)33(26(23)18-22)17-9-4-6-10-28(34)31-16-8-5-7-15-29;1-25-21-11-6-7-12-22(21)29-23(25)17-18-14-16-26(15-8-2-3-13-24(27)28)20-10-5-4-9-19(18)20;/h11-14,19-22,25-29,34-38H,6-10,15-18,23-24,30-33H2,1-5H3;11-14,18-20,30H,4-10,15-17,21,29H2,1-3H3;4-7,9-12,14,16-17,23H,2-3,8,13,15H2,1H3,(H,27,28);1H/p+3. The van der Waals surface area contributed by atoms with Crippen molar-refractivity contribution in [2.75, 3.05) is 121 Å². The van der Waals surface area contributed by atoms with E-state index >= 15 is 0 Å². The lowest BCUT2D eigenvalue weighted by atomic mass is 9.99. The summed E-state index contributed by atoms with van der Waals surface area (Å²) in [5.74, 6) is -0.271. The number of carbonyl (C=O) groups excluding carboxylic acids is 3. The van der Waals surface area contributed by atoms with Crippen LogP contribution in [0.1, 0.15) is 158 Å². The molecule has 0 saturated heterocycles. The third kappa shape index (κ3) is 26.8. The van der Waals surface area contributed by atoms with Gasteiger partial charge >= 0.3 is 5.97 Å². The normalized spacial score (nSPS) is 14.3. The number of amides is 3. The Morgan fingerprint density at radius 1 is 0.508 bits per heavy atom. The minimum absolute atomic E-state index is 0. The molecule has 0 spiro atoms.